The molecular weight excluding hydrogens is 376 g/mol. The lowest BCUT2D eigenvalue weighted by molar-refractivity contribution is 0.291. The Bertz CT molecular complexity index is 1060. The molecule has 152 valence electrons. The summed E-state index contributed by atoms with van der Waals surface area (Å²) >= 11 is 0. The highest BCUT2D eigenvalue weighted by atomic mass is 19.1. The molecule has 0 fully saturated rings. The van der Waals surface area contributed by atoms with E-state index >= 15 is 0 Å². The van der Waals surface area contributed by atoms with Crippen LogP contribution in [0.1, 0.15) is 31.4 Å². The van der Waals surface area contributed by atoms with Gasteiger partial charge in [-0.2, -0.15) is 5.10 Å². The van der Waals surface area contributed by atoms with Gasteiger partial charge in [-0.25, -0.2) is 18.3 Å². The second kappa shape index (κ2) is 7.69. The molecule has 0 radical (unpaired) electrons. The maximum absolute atomic E-state index is 14.5. The molecule has 3 heterocycles. The van der Waals surface area contributed by atoms with Crippen LogP contribution in [0, 0.1) is 11.6 Å². The SMILES string of the molecule is C=C1NCCCOc2c(F)cc(F)cc2CN(C(C)C)c2ccn3ncc1c3n2. The molecule has 0 saturated heterocycles. The number of fused-ring (bicyclic) bond motifs is 2. The standard InChI is InChI=1S/C21H23F2N5O/c1-13(2)27-12-15-9-16(22)10-18(23)20(15)29-8-4-6-24-14(3)17-11-25-28-7-5-19(27)26-21(17)28/h5,7,9-11,13,24H,3-4,6,8,12H2,1-2H3. The first-order valence-electron chi connectivity index (χ1n) is 9.59. The van der Waals surface area contributed by atoms with E-state index in [1.807, 2.05) is 31.0 Å². The smallest absolute Gasteiger partial charge is 0.168 e. The lowest BCUT2D eigenvalue weighted by Gasteiger charge is -2.29. The van der Waals surface area contributed by atoms with Crippen molar-refractivity contribution in [2.24, 2.45) is 0 Å². The average molecular weight is 399 g/mol. The maximum atomic E-state index is 14.5. The third kappa shape index (κ3) is 3.74. The van der Waals surface area contributed by atoms with Crippen molar-refractivity contribution >= 4 is 17.2 Å². The van der Waals surface area contributed by atoms with Gasteiger partial charge in [0.25, 0.3) is 0 Å². The Morgan fingerprint density at radius 2 is 2.10 bits per heavy atom. The van der Waals surface area contributed by atoms with Gasteiger partial charge in [0.05, 0.1) is 18.4 Å². The van der Waals surface area contributed by atoms with Crippen molar-refractivity contribution in [2.45, 2.75) is 32.9 Å². The lowest BCUT2D eigenvalue weighted by atomic mass is 10.1. The van der Waals surface area contributed by atoms with Gasteiger partial charge in [-0.3, -0.25) is 0 Å². The van der Waals surface area contributed by atoms with Gasteiger partial charge >= 0.3 is 0 Å². The van der Waals surface area contributed by atoms with Crippen LogP contribution in [-0.4, -0.2) is 33.8 Å². The predicted octanol–water partition coefficient (Wildman–Crippen LogP) is 3.77. The Hall–Kier alpha value is -3.16. The van der Waals surface area contributed by atoms with Gasteiger partial charge in [0, 0.05) is 42.7 Å². The third-order valence-corrected chi connectivity index (χ3v) is 4.93. The average Bonchev–Trinajstić information content (AvgIpc) is 3.09. The summed E-state index contributed by atoms with van der Waals surface area (Å²) in [6, 6.07) is 4.04. The number of aromatic nitrogens is 3. The molecule has 0 unspecified atom stereocenters. The van der Waals surface area contributed by atoms with Gasteiger partial charge in [0.1, 0.15) is 11.6 Å². The number of nitrogens with zero attached hydrogens (tertiary/aromatic N) is 4. The van der Waals surface area contributed by atoms with Crippen LogP contribution in [0.3, 0.4) is 0 Å². The van der Waals surface area contributed by atoms with Crippen molar-refractivity contribution < 1.29 is 13.5 Å². The molecule has 0 saturated carbocycles. The van der Waals surface area contributed by atoms with E-state index in [4.69, 9.17) is 9.72 Å². The molecule has 0 aliphatic carbocycles. The summed E-state index contributed by atoms with van der Waals surface area (Å²) in [6.07, 6.45) is 4.17. The molecule has 0 spiro atoms. The van der Waals surface area contributed by atoms with Crippen LogP contribution < -0.4 is 15.0 Å². The molecule has 3 aromatic rings. The van der Waals surface area contributed by atoms with Crippen molar-refractivity contribution in [3.63, 3.8) is 0 Å². The molecule has 1 aliphatic heterocycles. The first-order chi connectivity index (χ1) is 13.9. The molecule has 2 aromatic heterocycles. The Kier molecular flexibility index (Phi) is 5.08. The first-order valence-corrected chi connectivity index (χ1v) is 9.59. The summed E-state index contributed by atoms with van der Waals surface area (Å²) in [7, 11) is 0. The second-order valence-electron chi connectivity index (χ2n) is 7.32. The summed E-state index contributed by atoms with van der Waals surface area (Å²) in [5.74, 6) is -0.572. The highest BCUT2D eigenvalue weighted by molar-refractivity contribution is 5.73. The van der Waals surface area contributed by atoms with Crippen molar-refractivity contribution in [1.29, 1.82) is 0 Å². The van der Waals surface area contributed by atoms with Gasteiger partial charge in [-0.05, 0) is 32.4 Å². The zero-order valence-electron chi connectivity index (χ0n) is 16.5. The summed E-state index contributed by atoms with van der Waals surface area (Å²) in [6.45, 7) is 9.24. The quantitative estimate of drug-likeness (QED) is 0.675. The van der Waals surface area contributed by atoms with E-state index in [0.717, 1.165) is 11.6 Å². The summed E-state index contributed by atoms with van der Waals surface area (Å²) in [5.41, 5.74) is 2.64. The van der Waals surface area contributed by atoms with E-state index in [-0.39, 0.29) is 18.3 Å². The van der Waals surface area contributed by atoms with E-state index in [1.54, 1.807) is 10.7 Å². The highest BCUT2D eigenvalue weighted by Gasteiger charge is 2.21. The fourth-order valence-corrected chi connectivity index (χ4v) is 3.42. The zero-order chi connectivity index (χ0) is 20.5. The Labute approximate surface area is 167 Å². The van der Waals surface area contributed by atoms with Crippen LogP contribution in [-0.2, 0) is 6.54 Å². The Balaban J connectivity index is 1.85. The van der Waals surface area contributed by atoms with Crippen molar-refractivity contribution in [2.75, 3.05) is 18.1 Å². The largest absolute Gasteiger partial charge is 0.490 e. The minimum absolute atomic E-state index is 0.0322. The first kappa shape index (κ1) is 19.2. The predicted molar refractivity (Wildman–Crippen MR) is 108 cm³/mol. The van der Waals surface area contributed by atoms with Crippen molar-refractivity contribution in [3.05, 3.63) is 59.9 Å². The summed E-state index contributed by atoms with van der Waals surface area (Å²) in [4.78, 5) is 6.74. The molecule has 8 heteroatoms. The topological polar surface area (TPSA) is 54.7 Å². The molecular formula is C21H23F2N5O. The number of anilines is 1. The van der Waals surface area contributed by atoms with Gasteiger partial charge in [-0.1, -0.05) is 6.58 Å². The molecule has 1 N–H and O–H groups in total. The zero-order valence-corrected chi connectivity index (χ0v) is 16.5. The fourth-order valence-electron chi connectivity index (χ4n) is 3.42. The van der Waals surface area contributed by atoms with Gasteiger partial charge < -0.3 is 15.0 Å². The van der Waals surface area contributed by atoms with E-state index in [2.05, 4.69) is 17.0 Å². The molecule has 0 amide bonds. The minimum Gasteiger partial charge on any atom is -0.490 e. The van der Waals surface area contributed by atoms with Crippen LogP contribution in [0.4, 0.5) is 14.6 Å². The molecule has 0 atom stereocenters. The third-order valence-electron chi connectivity index (χ3n) is 4.93. The molecule has 29 heavy (non-hydrogen) atoms. The van der Waals surface area contributed by atoms with Gasteiger partial charge in [0.2, 0.25) is 0 Å². The number of hydrogen-bond donors (Lipinski definition) is 1. The van der Waals surface area contributed by atoms with E-state index in [9.17, 15) is 8.78 Å². The molecule has 1 aromatic carbocycles. The van der Waals surface area contributed by atoms with Crippen LogP contribution in [0.25, 0.3) is 11.3 Å². The lowest BCUT2D eigenvalue weighted by Crippen LogP contribution is -2.31. The molecule has 4 rings (SSSR count). The number of rotatable bonds is 1. The maximum Gasteiger partial charge on any atom is 0.168 e. The summed E-state index contributed by atoms with van der Waals surface area (Å²) in [5, 5.41) is 7.58. The molecule has 1 aliphatic rings. The summed E-state index contributed by atoms with van der Waals surface area (Å²) < 4.78 is 35.8. The number of ether oxygens (including phenoxy) is 1. The van der Waals surface area contributed by atoms with Crippen molar-refractivity contribution in [3.8, 4) is 5.75 Å². The number of hydrogen-bond acceptors (Lipinski definition) is 5. The second-order valence-corrected chi connectivity index (χ2v) is 7.32. The van der Waals surface area contributed by atoms with Crippen LogP contribution in [0.2, 0.25) is 0 Å². The molecule has 2 bridgehead atoms. The minimum atomic E-state index is -0.699. The number of benzene rings is 1. The highest BCUT2D eigenvalue weighted by Crippen LogP contribution is 2.29. The Morgan fingerprint density at radius 1 is 1.28 bits per heavy atom. The monoisotopic (exact) mass is 399 g/mol. The van der Waals surface area contributed by atoms with Gasteiger partial charge in [-0.15, -0.1) is 0 Å². The van der Waals surface area contributed by atoms with E-state index < -0.39 is 11.6 Å². The van der Waals surface area contributed by atoms with Crippen LogP contribution >= 0.6 is 0 Å². The fraction of sp³-hybridized carbons (Fsp3) is 0.333. The number of halogens is 2. The molecule has 6 nitrogen and oxygen atoms in total. The van der Waals surface area contributed by atoms with E-state index in [0.29, 0.717) is 42.3 Å². The number of nitrogens with one attached hydrogen (secondary N) is 1. The normalized spacial score (nSPS) is 15.2. The van der Waals surface area contributed by atoms with Gasteiger partial charge in [0.15, 0.2) is 17.2 Å². The Morgan fingerprint density at radius 3 is 2.90 bits per heavy atom. The van der Waals surface area contributed by atoms with Crippen LogP contribution in [0.5, 0.6) is 5.75 Å². The van der Waals surface area contributed by atoms with Crippen molar-refractivity contribution in [1.82, 2.24) is 19.9 Å². The van der Waals surface area contributed by atoms with Crippen LogP contribution in [0.15, 0.2) is 37.2 Å². The van der Waals surface area contributed by atoms with E-state index in [1.165, 1.54) is 6.07 Å².